The predicted molar refractivity (Wildman–Crippen MR) is 80.4 cm³/mol. The van der Waals surface area contributed by atoms with Crippen LogP contribution >= 0.6 is 27.3 Å². The van der Waals surface area contributed by atoms with E-state index in [4.69, 9.17) is 0 Å². The molecule has 0 radical (unpaired) electrons. The highest BCUT2D eigenvalue weighted by Crippen LogP contribution is 2.16. The lowest BCUT2D eigenvalue weighted by Gasteiger charge is -2.11. The molecule has 1 unspecified atom stereocenters. The van der Waals surface area contributed by atoms with Gasteiger partial charge in [-0.2, -0.15) is 11.3 Å². The zero-order chi connectivity index (χ0) is 13.7. The number of thiophene rings is 1. The summed E-state index contributed by atoms with van der Waals surface area (Å²) in [5, 5.41) is 18.9. The Morgan fingerprint density at radius 2 is 2.26 bits per heavy atom. The Hall–Kier alpha value is -1.37. The maximum absolute atomic E-state index is 11.7. The quantitative estimate of drug-likeness (QED) is 0.799. The summed E-state index contributed by atoms with van der Waals surface area (Å²) in [5.41, 5.74) is 1.50. The van der Waals surface area contributed by atoms with Crippen LogP contribution < -0.4 is 10.6 Å². The number of carbonyl (C=O) groups excluding carboxylic acids is 1. The van der Waals surface area contributed by atoms with Gasteiger partial charge < -0.3 is 15.7 Å². The second-order valence-electron chi connectivity index (χ2n) is 3.92. The van der Waals surface area contributed by atoms with Crippen molar-refractivity contribution in [3.05, 3.63) is 51.1 Å². The summed E-state index contributed by atoms with van der Waals surface area (Å²) in [6, 6.07) is 8.80. The Bertz CT molecular complexity index is 545. The summed E-state index contributed by atoms with van der Waals surface area (Å²) in [7, 11) is 0. The summed E-state index contributed by atoms with van der Waals surface area (Å²) in [5.74, 6) is 0. The molecule has 100 valence electrons. The first-order valence-corrected chi connectivity index (χ1v) is 7.39. The fraction of sp³-hybridized carbons (Fsp3) is 0.154. The van der Waals surface area contributed by atoms with Crippen molar-refractivity contribution < 1.29 is 9.90 Å². The van der Waals surface area contributed by atoms with Crippen LogP contribution in [0.3, 0.4) is 0 Å². The van der Waals surface area contributed by atoms with Crippen molar-refractivity contribution in [2.45, 2.75) is 6.10 Å². The number of aliphatic hydroxyl groups excluding tert-OH is 1. The molecule has 2 amide bonds. The number of hydrogen-bond donors (Lipinski definition) is 3. The largest absolute Gasteiger partial charge is 0.387 e. The van der Waals surface area contributed by atoms with Gasteiger partial charge in [0.2, 0.25) is 0 Å². The molecule has 0 saturated heterocycles. The molecule has 0 aliphatic rings. The Morgan fingerprint density at radius 1 is 1.42 bits per heavy atom. The summed E-state index contributed by atoms with van der Waals surface area (Å²) in [6.45, 7) is 0.177. The summed E-state index contributed by atoms with van der Waals surface area (Å²) in [6.07, 6.45) is -0.681. The van der Waals surface area contributed by atoms with Gasteiger partial charge in [-0.3, -0.25) is 0 Å². The number of amides is 2. The summed E-state index contributed by atoms with van der Waals surface area (Å²) < 4.78 is 0.892. The van der Waals surface area contributed by atoms with Crippen LogP contribution in [0.5, 0.6) is 0 Å². The van der Waals surface area contributed by atoms with Crippen molar-refractivity contribution in [1.82, 2.24) is 5.32 Å². The number of hydrogen-bond acceptors (Lipinski definition) is 3. The summed E-state index contributed by atoms with van der Waals surface area (Å²) >= 11 is 4.84. The van der Waals surface area contributed by atoms with E-state index in [1.807, 2.05) is 29.0 Å². The fourth-order valence-corrected chi connectivity index (χ4v) is 2.62. The monoisotopic (exact) mass is 340 g/mol. The molecular weight excluding hydrogens is 328 g/mol. The number of halogens is 1. The lowest BCUT2D eigenvalue weighted by atomic mass is 10.2. The molecule has 3 N–H and O–H groups in total. The Balaban J connectivity index is 1.82. The van der Waals surface area contributed by atoms with E-state index < -0.39 is 6.10 Å². The molecule has 1 atom stereocenters. The predicted octanol–water partition coefficient (Wildman–Crippen LogP) is 3.37. The van der Waals surface area contributed by atoms with Crippen molar-refractivity contribution in [2.24, 2.45) is 0 Å². The van der Waals surface area contributed by atoms with Crippen molar-refractivity contribution in [3.8, 4) is 0 Å². The van der Waals surface area contributed by atoms with Crippen LogP contribution in [-0.2, 0) is 0 Å². The molecule has 2 rings (SSSR count). The van der Waals surface area contributed by atoms with Gasteiger partial charge in [-0.15, -0.1) is 0 Å². The van der Waals surface area contributed by atoms with Crippen LogP contribution in [0.2, 0.25) is 0 Å². The van der Waals surface area contributed by atoms with Crippen molar-refractivity contribution in [1.29, 1.82) is 0 Å². The first-order chi connectivity index (χ1) is 9.15. The van der Waals surface area contributed by atoms with Gasteiger partial charge in [-0.1, -0.05) is 22.0 Å². The molecule has 0 spiro atoms. The first kappa shape index (κ1) is 14.0. The third-order valence-electron chi connectivity index (χ3n) is 2.47. The fourth-order valence-electron chi connectivity index (χ4n) is 1.51. The van der Waals surface area contributed by atoms with Crippen LogP contribution in [0.4, 0.5) is 10.5 Å². The number of aliphatic hydroxyl groups is 1. The Kier molecular flexibility index (Phi) is 4.95. The molecule has 1 heterocycles. The van der Waals surface area contributed by atoms with Crippen molar-refractivity contribution in [2.75, 3.05) is 11.9 Å². The smallest absolute Gasteiger partial charge is 0.319 e. The summed E-state index contributed by atoms with van der Waals surface area (Å²) in [4.78, 5) is 11.7. The van der Waals surface area contributed by atoms with E-state index >= 15 is 0 Å². The zero-order valence-corrected chi connectivity index (χ0v) is 12.4. The highest BCUT2D eigenvalue weighted by Gasteiger charge is 2.09. The van der Waals surface area contributed by atoms with Gasteiger partial charge in [0.25, 0.3) is 0 Å². The van der Waals surface area contributed by atoms with Gasteiger partial charge >= 0.3 is 6.03 Å². The highest BCUT2D eigenvalue weighted by atomic mass is 79.9. The molecule has 0 aliphatic carbocycles. The van der Waals surface area contributed by atoms with E-state index in [0.29, 0.717) is 5.69 Å². The molecule has 6 heteroatoms. The minimum Gasteiger partial charge on any atom is -0.387 e. The Morgan fingerprint density at radius 3 is 2.95 bits per heavy atom. The van der Waals surface area contributed by atoms with Gasteiger partial charge in [0.05, 0.1) is 6.10 Å². The number of anilines is 1. The maximum atomic E-state index is 11.7. The molecule has 0 bridgehead atoms. The van der Waals surface area contributed by atoms with Crippen LogP contribution in [0.1, 0.15) is 11.7 Å². The molecule has 2 aromatic rings. The average Bonchev–Trinajstić information content (AvgIpc) is 2.90. The molecule has 0 fully saturated rings. The van der Waals surface area contributed by atoms with E-state index in [2.05, 4.69) is 26.6 Å². The third kappa shape index (κ3) is 4.34. The van der Waals surface area contributed by atoms with Crippen LogP contribution in [0.25, 0.3) is 0 Å². The Labute approximate surface area is 123 Å². The van der Waals surface area contributed by atoms with E-state index in [9.17, 15) is 9.90 Å². The first-order valence-electron chi connectivity index (χ1n) is 5.66. The number of benzene rings is 1. The molecule has 0 aliphatic heterocycles. The topological polar surface area (TPSA) is 61.4 Å². The number of urea groups is 1. The van der Waals surface area contributed by atoms with Crippen LogP contribution in [0, 0.1) is 0 Å². The maximum Gasteiger partial charge on any atom is 0.319 e. The lowest BCUT2D eigenvalue weighted by molar-refractivity contribution is 0.175. The highest BCUT2D eigenvalue weighted by molar-refractivity contribution is 9.10. The van der Waals surface area contributed by atoms with E-state index in [0.717, 1.165) is 10.0 Å². The SMILES string of the molecule is O=C(NCC(O)c1ccsc1)Nc1cccc(Br)c1. The molecule has 0 saturated carbocycles. The number of rotatable bonds is 4. The van der Waals surface area contributed by atoms with E-state index in [1.165, 1.54) is 11.3 Å². The number of nitrogens with one attached hydrogen (secondary N) is 2. The zero-order valence-electron chi connectivity index (χ0n) is 9.97. The van der Waals surface area contributed by atoms with Gasteiger partial charge in [-0.25, -0.2) is 4.79 Å². The minimum absolute atomic E-state index is 0.177. The van der Waals surface area contributed by atoms with Gasteiger partial charge in [0.1, 0.15) is 0 Å². The molecule has 4 nitrogen and oxygen atoms in total. The van der Waals surface area contributed by atoms with Crippen molar-refractivity contribution in [3.63, 3.8) is 0 Å². The second kappa shape index (κ2) is 6.70. The van der Waals surface area contributed by atoms with Crippen LogP contribution in [0.15, 0.2) is 45.6 Å². The normalized spacial score (nSPS) is 11.9. The van der Waals surface area contributed by atoms with Crippen LogP contribution in [-0.4, -0.2) is 17.7 Å². The lowest BCUT2D eigenvalue weighted by Crippen LogP contribution is -2.32. The minimum atomic E-state index is -0.681. The standard InChI is InChI=1S/C13H13BrN2O2S/c14-10-2-1-3-11(6-10)16-13(18)15-7-12(17)9-4-5-19-8-9/h1-6,8,12,17H,7H2,(H2,15,16,18). The molecule has 19 heavy (non-hydrogen) atoms. The van der Waals surface area contributed by atoms with Crippen molar-refractivity contribution >= 4 is 39.0 Å². The average molecular weight is 341 g/mol. The van der Waals surface area contributed by atoms with Gasteiger partial charge in [0, 0.05) is 16.7 Å². The molecule has 1 aromatic heterocycles. The number of carbonyl (C=O) groups is 1. The van der Waals surface area contributed by atoms with Gasteiger partial charge in [-0.05, 0) is 40.6 Å². The van der Waals surface area contributed by atoms with E-state index in [1.54, 1.807) is 12.1 Å². The third-order valence-corrected chi connectivity index (χ3v) is 3.66. The molecule has 1 aromatic carbocycles. The molecular formula is C13H13BrN2O2S. The van der Waals surface area contributed by atoms with E-state index in [-0.39, 0.29) is 12.6 Å². The second-order valence-corrected chi connectivity index (χ2v) is 5.61. The van der Waals surface area contributed by atoms with Gasteiger partial charge in [0.15, 0.2) is 0 Å².